The van der Waals surface area contributed by atoms with Crippen LogP contribution in [0.2, 0.25) is 0 Å². The highest BCUT2D eigenvalue weighted by Crippen LogP contribution is 2.29. The summed E-state index contributed by atoms with van der Waals surface area (Å²) in [4.78, 5) is 37.6. The first-order valence-corrected chi connectivity index (χ1v) is 11.0. The Morgan fingerprint density at radius 1 is 1.00 bits per heavy atom. The first-order chi connectivity index (χ1) is 14.0. The van der Waals surface area contributed by atoms with Crippen molar-refractivity contribution in [3.8, 4) is 0 Å². The van der Waals surface area contributed by atoms with Gasteiger partial charge in [0.1, 0.15) is 0 Å². The van der Waals surface area contributed by atoms with E-state index in [0.717, 1.165) is 70.2 Å². The third-order valence-corrected chi connectivity index (χ3v) is 6.56. The van der Waals surface area contributed by atoms with Gasteiger partial charge in [0.25, 0.3) is 0 Å². The Bertz CT molecular complexity index is 754. The summed E-state index contributed by atoms with van der Waals surface area (Å²) >= 11 is 0. The summed E-state index contributed by atoms with van der Waals surface area (Å²) in [7, 11) is 0. The number of amides is 2. The Kier molecular flexibility index (Phi) is 6.04. The van der Waals surface area contributed by atoms with Crippen molar-refractivity contribution >= 4 is 17.5 Å². The van der Waals surface area contributed by atoms with Crippen molar-refractivity contribution < 1.29 is 9.59 Å². The van der Waals surface area contributed by atoms with Crippen molar-refractivity contribution in [3.05, 3.63) is 23.5 Å². The normalized spacial score (nSPS) is 23.1. The topological polar surface area (TPSA) is 60.0 Å². The van der Waals surface area contributed by atoms with Gasteiger partial charge in [-0.3, -0.25) is 19.5 Å². The maximum atomic E-state index is 12.7. The van der Waals surface area contributed by atoms with Crippen molar-refractivity contribution in [3.63, 3.8) is 0 Å². The zero-order valence-corrected chi connectivity index (χ0v) is 17.8. The number of nitrogens with zero attached hydrogens (tertiary/aromatic N) is 5. The lowest BCUT2D eigenvalue weighted by atomic mass is 10.0. The summed E-state index contributed by atoms with van der Waals surface area (Å²) in [6.45, 7) is 11.2. The Hall–Kier alpha value is -2.15. The number of aromatic nitrogens is 1. The van der Waals surface area contributed by atoms with E-state index in [1.807, 2.05) is 16.7 Å². The second-order valence-corrected chi connectivity index (χ2v) is 8.69. The molecule has 0 bridgehead atoms. The Labute approximate surface area is 173 Å². The van der Waals surface area contributed by atoms with Gasteiger partial charge in [-0.15, -0.1) is 0 Å². The van der Waals surface area contributed by atoms with Crippen LogP contribution in [0, 0.1) is 6.92 Å². The van der Waals surface area contributed by atoms with Crippen LogP contribution in [0.4, 0.5) is 5.69 Å². The summed E-state index contributed by atoms with van der Waals surface area (Å²) < 4.78 is 0. The van der Waals surface area contributed by atoms with E-state index >= 15 is 0 Å². The van der Waals surface area contributed by atoms with Gasteiger partial charge in [0.2, 0.25) is 11.8 Å². The van der Waals surface area contributed by atoms with Crippen LogP contribution in [-0.2, 0) is 9.59 Å². The number of piperazine rings is 1. The van der Waals surface area contributed by atoms with Crippen molar-refractivity contribution in [1.29, 1.82) is 0 Å². The molecule has 0 N–H and O–H groups in total. The van der Waals surface area contributed by atoms with Gasteiger partial charge in [0.15, 0.2) is 0 Å². The molecule has 1 atom stereocenters. The van der Waals surface area contributed by atoms with Crippen LogP contribution >= 0.6 is 0 Å². The molecule has 29 heavy (non-hydrogen) atoms. The Morgan fingerprint density at radius 3 is 2.41 bits per heavy atom. The molecule has 1 aromatic heterocycles. The van der Waals surface area contributed by atoms with E-state index < -0.39 is 0 Å². The van der Waals surface area contributed by atoms with E-state index in [4.69, 9.17) is 4.98 Å². The number of hydrogen-bond acceptors (Lipinski definition) is 5. The fourth-order valence-electron chi connectivity index (χ4n) is 4.81. The first kappa shape index (κ1) is 20.1. The van der Waals surface area contributed by atoms with Crippen LogP contribution in [0.5, 0.6) is 0 Å². The molecule has 7 heteroatoms. The molecule has 1 aromatic rings. The molecule has 0 aromatic carbocycles. The summed E-state index contributed by atoms with van der Waals surface area (Å²) in [5, 5.41) is 0. The minimum absolute atomic E-state index is 0.154. The summed E-state index contributed by atoms with van der Waals surface area (Å²) in [6.07, 6.45) is 3.42. The van der Waals surface area contributed by atoms with E-state index in [-0.39, 0.29) is 11.8 Å². The van der Waals surface area contributed by atoms with E-state index in [1.54, 1.807) is 6.92 Å². The molecule has 158 valence electrons. The number of hydrogen-bond donors (Lipinski definition) is 0. The zero-order valence-electron chi connectivity index (χ0n) is 17.8. The van der Waals surface area contributed by atoms with Crippen LogP contribution in [0.25, 0.3) is 0 Å². The lowest BCUT2D eigenvalue weighted by Gasteiger charge is -2.36. The monoisotopic (exact) mass is 399 g/mol. The lowest BCUT2D eigenvalue weighted by molar-refractivity contribution is -0.131. The molecular weight excluding hydrogens is 366 g/mol. The van der Waals surface area contributed by atoms with Crippen LogP contribution < -0.4 is 4.90 Å². The van der Waals surface area contributed by atoms with Gasteiger partial charge in [-0.1, -0.05) is 0 Å². The number of carbonyl (C=O) groups is 2. The molecule has 3 aliphatic heterocycles. The molecule has 0 radical (unpaired) electrons. The summed E-state index contributed by atoms with van der Waals surface area (Å²) in [5.41, 5.74) is 3.32. The van der Waals surface area contributed by atoms with E-state index in [9.17, 15) is 9.59 Å². The minimum Gasteiger partial charge on any atom is -0.368 e. The smallest absolute Gasteiger partial charge is 0.236 e. The van der Waals surface area contributed by atoms with Gasteiger partial charge in [0, 0.05) is 69.2 Å². The third kappa shape index (κ3) is 4.71. The maximum Gasteiger partial charge on any atom is 0.236 e. The predicted molar refractivity (Wildman–Crippen MR) is 113 cm³/mol. The molecule has 3 aliphatic rings. The van der Waals surface area contributed by atoms with Gasteiger partial charge >= 0.3 is 0 Å². The molecule has 0 unspecified atom stereocenters. The van der Waals surface area contributed by atoms with Crippen LogP contribution in [0.3, 0.4) is 0 Å². The largest absolute Gasteiger partial charge is 0.368 e. The molecule has 0 saturated carbocycles. The van der Waals surface area contributed by atoms with Crippen LogP contribution in [-0.4, -0.2) is 90.4 Å². The SMILES string of the molecule is CC(=O)N1CCN(c2cc(C)nc([C@H]3CCN(C(=O)CN4CCCC4)C3)c2)CC1. The standard InChI is InChI=1S/C22H33N5O2/c1-17-13-20(26-11-9-25(10-12-26)18(2)28)14-21(23-17)19-5-8-27(15-19)22(29)16-24-6-3-4-7-24/h13-14,19H,3-12,15-16H2,1-2H3/t19-/m0/s1. The average Bonchev–Trinajstić information content (AvgIpc) is 3.39. The van der Waals surface area contributed by atoms with Crippen molar-refractivity contribution in [1.82, 2.24) is 19.7 Å². The number of rotatable bonds is 4. The third-order valence-electron chi connectivity index (χ3n) is 6.56. The van der Waals surface area contributed by atoms with E-state index in [2.05, 4.69) is 21.9 Å². The lowest BCUT2D eigenvalue weighted by Crippen LogP contribution is -2.48. The van der Waals surface area contributed by atoms with E-state index in [1.165, 1.54) is 18.5 Å². The van der Waals surface area contributed by atoms with Crippen molar-refractivity contribution in [2.24, 2.45) is 0 Å². The van der Waals surface area contributed by atoms with Crippen molar-refractivity contribution in [2.45, 2.75) is 39.0 Å². The molecule has 2 amide bonds. The van der Waals surface area contributed by atoms with E-state index in [0.29, 0.717) is 12.5 Å². The van der Waals surface area contributed by atoms with Gasteiger partial charge in [-0.25, -0.2) is 0 Å². The van der Waals surface area contributed by atoms with Gasteiger partial charge in [-0.05, 0) is 51.4 Å². The quantitative estimate of drug-likeness (QED) is 0.767. The van der Waals surface area contributed by atoms with Gasteiger partial charge in [0.05, 0.1) is 6.54 Å². The highest BCUT2D eigenvalue weighted by atomic mass is 16.2. The average molecular weight is 400 g/mol. The summed E-state index contributed by atoms with van der Waals surface area (Å²) in [6, 6.07) is 4.34. The molecule has 4 rings (SSSR count). The molecule has 3 fully saturated rings. The fourth-order valence-corrected chi connectivity index (χ4v) is 4.81. The molecular formula is C22H33N5O2. The Morgan fingerprint density at radius 2 is 1.72 bits per heavy atom. The van der Waals surface area contributed by atoms with Gasteiger partial charge < -0.3 is 14.7 Å². The first-order valence-electron chi connectivity index (χ1n) is 11.0. The second kappa shape index (κ2) is 8.69. The number of pyridine rings is 1. The molecule has 3 saturated heterocycles. The van der Waals surface area contributed by atoms with Crippen LogP contribution in [0.1, 0.15) is 43.5 Å². The number of carbonyl (C=O) groups excluding carboxylic acids is 2. The molecule has 7 nitrogen and oxygen atoms in total. The summed E-state index contributed by atoms with van der Waals surface area (Å²) in [5.74, 6) is 0.734. The van der Waals surface area contributed by atoms with Gasteiger partial charge in [-0.2, -0.15) is 0 Å². The highest BCUT2D eigenvalue weighted by molar-refractivity contribution is 5.78. The number of anilines is 1. The molecule has 0 spiro atoms. The predicted octanol–water partition coefficient (Wildman–Crippen LogP) is 1.47. The number of likely N-dealkylation sites (tertiary alicyclic amines) is 2. The van der Waals surface area contributed by atoms with Crippen molar-refractivity contribution in [2.75, 3.05) is 63.8 Å². The molecule has 0 aliphatic carbocycles. The zero-order chi connectivity index (χ0) is 20.4. The minimum atomic E-state index is 0.154. The van der Waals surface area contributed by atoms with Crippen LogP contribution in [0.15, 0.2) is 12.1 Å². The maximum absolute atomic E-state index is 12.7. The Balaban J connectivity index is 1.39. The fraction of sp³-hybridized carbons (Fsp3) is 0.682. The second-order valence-electron chi connectivity index (χ2n) is 8.69. The highest BCUT2D eigenvalue weighted by Gasteiger charge is 2.30. The molecule has 4 heterocycles. The number of aryl methyl sites for hydroxylation is 1.